The van der Waals surface area contributed by atoms with Gasteiger partial charge >= 0.3 is 0 Å². The number of nitrogens with two attached hydrogens (primary N) is 1. The highest BCUT2D eigenvalue weighted by Crippen LogP contribution is 2.20. The lowest BCUT2D eigenvalue weighted by Crippen LogP contribution is -2.87. The first-order valence-electron chi connectivity index (χ1n) is 9.56. The second-order valence-corrected chi connectivity index (χ2v) is 7.34. The van der Waals surface area contributed by atoms with Crippen LogP contribution in [0.15, 0.2) is 54.6 Å². The molecule has 2 aromatic carbocycles. The van der Waals surface area contributed by atoms with Gasteiger partial charge in [-0.2, -0.15) is 0 Å². The third-order valence-corrected chi connectivity index (χ3v) is 5.20. The number of hydrogen-bond acceptors (Lipinski definition) is 2. The summed E-state index contributed by atoms with van der Waals surface area (Å²) in [5, 5.41) is 2.06. The minimum atomic E-state index is -0.0175. The van der Waals surface area contributed by atoms with Crippen molar-refractivity contribution in [3.8, 4) is 0 Å². The van der Waals surface area contributed by atoms with E-state index in [9.17, 15) is 9.59 Å². The van der Waals surface area contributed by atoms with Crippen molar-refractivity contribution in [3.05, 3.63) is 93.8 Å². The summed E-state index contributed by atoms with van der Waals surface area (Å²) in [6, 6.07) is 18.7. The Balaban J connectivity index is 1.84. The van der Waals surface area contributed by atoms with Gasteiger partial charge in [0.2, 0.25) is 5.78 Å². The quantitative estimate of drug-likeness (QED) is 0.619. The molecule has 0 unspecified atom stereocenters. The molecule has 0 amide bonds. The predicted molar refractivity (Wildman–Crippen MR) is 111 cm³/mol. The van der Waals surface area contributed by atoms with E-state index in [1.165, 1.54) is 12.5 Å². The second-order valence-electron chi connectivity index (χ2n) is 7.34. The maximum Gasteiger partial charge on any atom is 0.233 e. The van der Waals surface area contributed by atoms with Crippen molar-refractivity contribution >= 4 is 11.6 Å². The van der Waals surface area contributed by atoms with Crippen molar-refractivity contribution in [1.29, 1.82) is 0 Å². The average molecular weight is 375 g/mol. The molecule has 0 aliphatic heterocycles. The van der Waals surface area contributed by atoms with E-state index in [1.807, 2.05) is 32.0 Å². The van der Waals surface area contributed by atoms with Gasteiger partial charge in [0.15, 0.2) is 5.78 Å². The molecule has 3 aromatic rings. The molecule has 0 spiro atoms. The fourth-order valence-corrected chi connectivity index (χ4v) is 3.78. The van der Waals surface area contributed by atoms with Gasteiger partial charge in [0.25, 0.3) is 0 Å². The highest BCUT2D eigenvalue weighted by Gasteiger charge is 2.23. The number of aryl methyl sites for hydroxylation is 2. The second kappa shape index (κ2) is 8.36. The number of carbonyl (C=O) groups is 2. The van der Waals surface area contributed by atoms with E-state index >= 15 is 0 Å². The number of aromatic nitrogens is 1. The number of aromatic amines is 1. The van der Waals surface area contributed by atoms with Crippen LogP contribution >= 0.6 is 0 Å². The van der Waals surface area contributed by atoms with Gasteiger partial charge in [-0.25, -0.2) is 0 Å². The summed E-state index contributed by atoms with van der Waals surface area (Å²) in [5.74, 6) is -0.0164. The molecule has 0 aliphatic carbocycles. The summed E-state index contributed by atoms with van der Waals surface area (Å²) in [4.78, 5) is 27.9. The lowest BCUT2D eigenvalue weighted by atomic mass is 9.97. The Labute approximate surface area is 166 Å². The number of benzene rings is 2. The van der Waals surface area contributed by atoms with Crippen molar-refractivity contribution < 1.29 is 14.9 Å². The van der Waals surface area contributed by atoms with E-state index in [2.05, 4.69) is 53.6 Å². The Kier molecular flexibility index (Phi) is 5.90. The number of carbonyl (C=O) groups excluding carboxylic acids is 2. The number of Topliss-reactive ketones (excluding diaryl/α,β-unsaturated/α-hetero) is 2. The van der Waals surface area contributed by atoms with Crippen molar-refractivity contribution in [1.82, 2.24) is 4.98 Å². The topological polar surface area (TPSA) is 66.5 Å². The highest BCUT2D eigenvalue weighted by atomic mass is 16.1. The van der Waals surface area contributed by atoms with Gasteiger partial charge in [-0.15, -0.1) is 0 Å². The van der Waals surface area contributed by atoms with E-state index in [0.717, 1.165) is 22.4 Å². The summed E-state index contributed by atoms with van der Waals surface area (Å²) in [7, 11) is 0. The molecule has 144 valence electrons. The van der Waals surface area contributed by atoms with Gasteiger partial charge in [0, 0.05) is 22.4 Å². The summed E-state index contributed by atoms with van der Waals surface area (Å²) >= 11 is 0. The average Bonchev–Trinajstić information content (AvgIpc) is 2.98. The fraction of sp³-hybridized carbons (Fsp3) is 0.250. The van der Waals surface area contributed by atoms with Crippen LogP contribution < -0.4 is 5.32 Å². The maximum atomic E-state index is 12.9. The van der Waals surface area contributed by atoms with E-state index in [0.29, 0.717) is 17.8 Å². The molecule has 0 fully saturated rings. The summed E-state index contributed by atoms with van der Waals surface area (Å²) < 4.78 is 0. The van der Waals surface area contributed by atoms with Crippen LogP contribution in [0.1, 0.15) is 61.8 Å². The zero-order valence-corrected chi connectivity index (χ0v) is 16.9. The van der Waals surface area contributed by atoms with Gasteiger partial charge in [0.05, 0.1) is 5.69 Å². The zero-order chi connectivity index (χ0) is 20.3. The van der Waals surface area contributed by atoms with Crippen molar-refractivity contribution in [2.24, 2.45) is 0 Å². The van der Waals surface area contributed by atoms with Crippen molar-refractivity contribution in [2.45, 2.75) is 33.7 Å². The molecule has 0 radical (unpaired) electrons. The molecular formula is C24H27N2O2+. The number of quaternary nitrogens is 1. The molecule has 0 saturated heterocycles. The lowest BCUT2D eigenvalue weighted by molar-refractivity contribution is -0.675. The largest absolute Gasteiger partial charge is 0.355 e. The number of rotatable bonds is 7. The number of ketones is 2. The van der Waals surface area contributed by atoms with E-state index in [1.54, 1.807) is 0 Å². The molecule has 3 N–H and O–H groups in total. The molecule has 1 atom stereocenters. The van der Waals surface area contributed by atoms with Gasteiger partial charge < -0.3 is 10.3 Å². The Morgan fingerprint density at radius 2 is 1.54 bits per heavy atom. The molecule has 3 rings (SSSR count). The van der Waals surface area contributed by atoms with Crippen LogP contribution in [-0.4, -0.2) is 23.1 Å². The van der Waals surface area contributed by atoms with Crippen LogP contribution in [0.5, 0.6) is 0 Å². The van der Waals surface area contributed by atoms with Gasteiger partial charge in [-0.1, -0.05) is 60.2 Å². The fourth-order valence-electron chi connectivity index (χ4n) is 3.78. The third-order valence-electron chi connectivity index (χ3n) is 5.20. The molecule has 1 aromatic heterocycles. The van der Waals surface area contributed by atoms with Crippen LogP contribution in [0, 0.1) is 20.8 Å². The molecule has 0 bridgehead atoms. The number of H-pyrrole nitrogens is 1. The monoisotopic (exact) mass is 375 g/mol. The minimum absolute atomic E-state index is 0.00106. The zero-order valence-electron chi connectivity index (χ0n) is 16.9. The number of nitrogens with one attached hydrogen (secondary N) is 1. The smallest absolute Gasteiger partial charge is 0.233 e. The maximum absolute atomic E-state index is 12.9. The van der Waals surface area contributed by atoms with Gasteiger partial charge in [0.1, 0.15) is 12.6 Å². The lowest BCUT2D eigenvalue weighted by Gasteiger charge is -2.16. The molecule has 1 heterocycles. The Hall–Kier alpha value is -2.98. The van der Waals surface area contributed by atoms with Crippen LogP contribution in [0.4, 0.5) is 0 Å². The molecular weight excluding hydrogens is 348 g/mol. The standard InChI is InChI=1S/C24H26N2O2/c1-15-10-12-20(13-11-15)24(19-8-6-5-7-9-19)25-14-21(28)23-16(2)22(18(4)27)17(3)26-23/h5-13,24-26H,14H2,1-4H3/p+1/t24-/m0/s1. The normalized spacial score (nSPS) is 12.0. The first-order valence-corrected chi connectivity index (χ1v) is 9.56. The minimum Gasteiger partial charge on any atom is -0.355 e. The van der Waals surface area contributed by atoms with Crippen LogP contribution in [0.2, 0.25) is 0 Å². The summed E-state index contributed by atoms with van der Waals surface area (Å²) in [5.41, 5.74) is 6.19. The van der Waals surface area contributed by atoms with Crippen LogP contribution in [-0.2, 0) is 0 Å². The van der Waals surface area contributed by atoms with Crippen molar-refractivity contribution in [3.63, 3.8) is 0 Å². The molecule has 0 aliphatic rings. The SMILES string of the molecule is CC(=O)c1c(C)[nH]c(C(=O)C[NH2+][C@@H](c2ccccc2)c2ccc(C)cc2)c1C. The van der Waals surface area contributed by atoms with Crippen LogP contribution in [0.25, 0.3) is 0 Å². The molecule has 4 heteroatoms. The van der Waals surface area contributed by atoms with Crippen LogP contribution in [0.3, 0.4) is 0 Å². The van der Waals surface area contributed by atoms with E-state index in [-0.39, 0.29) is 17.6 Å². The molecule has 4 nitrogen and oxygen atoms in total. The summed E-state index contributed by atoms with van der Waals surface area (Å²) in [6.07, 6.45) is 0. The molecule has 28 heavy (non-hydrogen) atoms. The Morgan fingerprint density at radius 1 is 0.929 bits per heavy atom. The van der Waals surface area contributed by atoms with Crippen molar-refractivity contribution in [2.75, 3.05) is 6.54 Å². The Bertz CT molecular complexity index is 985. The van der Waals surface area contributed by atoms with Gasteiger partial charge in [-0.05, 0) is 33.3 Å². The predicted octanol–water partition coefficient (Wildman–Crippen LogP) is 3.68. The summed E-state index contributed by atoms with van der Waals surface area (Å²) in [6.45, 7) is 7.57. The first-order chi connectivity index (χ1) is 13.4. The van der Waals surface area contributed by atoms with E-state index < -0.39 is 0 Å². The third kappa shape index (κ3) is 4.12. The molecule has 0 saturated carbocycles. The first kappa shape index (κ1) is 19.8. The highest BCUT2D eigenvalue weighted by molar-refractivity contribution is 6.03. The number of hydrogen-bond donors (Lipinski definition) is 2. The van der Waals surface area contributed by atoms with E-state index in [4.69, 9.17) is 0 Å². The van der Waals surface area contributed by atoms with Gasteiger partial charge in [-0.3, -0.25) is 9.59 Å². The Morgan fingerprint density at radius 3 is 2.11 bits per heavy atom.